The number of benzene rings is 1. The minimum absolute atomic E-state index is 0.0441. The van der Waals surface area contributed by atoms with Crippen molar-refractivity contribution >= 4 is 33.1 Å². The van der Waals surface area contributed by atoms with Crippen molar-refractivity contribution in [2.75, 3.05) is 26.9 Å². The van der Waals surface area contributed by atoms with E-state index in [2.05, 4.69) is 10.1 Å². The number of thiophene rings is 1. The molecule has 1 amide bonds. The summed E-state index contributed by atoms with van der Waals surface area (Å²) in [7, 11) is 1.63. The summed E-state index contributed by atoms with van der Waals surface area (Å²) in [6, 6.07) is 7.70. The second-order valence-electron chi connectivity index (χ2n) is 8.47. The van der Waals surface area contributed by atoms with Crippen molar-refractivity contribution in [3.8, 4) is 5.75 Å². The molecule has 0 bridgehead atoms. The molecule has 3 aromatic heterocycles. The largest absolute Gasteiger partial charge is 0.497 e. The molecule has 5 heterocycles. The van der Waals surface area contributed by atoms with Gasteiger partial charge in [0.05, 0.1) is 38.1 Å². The maximum Gasteiger partial charge on any atom is 0.352 e. The average Bonchev–Trinajstić information content (AvgIpc) is 3.60. The van der Waals surface area contributed by atoms with Gasteiger partial charge in [-0.2, -0.15) is 9.61 Å². The molecule has 9 nitrogen and oxygen atoms in total. The lowest BCUT2D eigenvalue weighted by atomic mass is 10.0. The first kappa shape index (κ1) is 20.4. The highest BCUT2D eigenvalue weighted by Gasteiger charge is 2.32. The molecular weight excluding hydrogens is 442 g/mol. The van der Waals surface area contributed by atoms with Gasteiger partial charge in [0.2, 0.25) is 5.91 Å². The number of methoxy groups -OCH3 is 1. The molecule has 1 aromatic carbocycles. The quantitative estimate of drug-likeness (QED) is 0.458. The molecule has 0 aliphatic carbocycles. The average molecular weight is 466 g/mol. The Labute approximate surface area is 193 Å². The number of ether oxygens (including phenoxy) is 2. The number of amides is 1. The second kappa shape index (κ2) is 7.96. The van der Waals surface area contributed by atoms with Crippen LogP contribution in [0.1, 0.15) is 22.4 Å². The van der Waals surface area contributed by atoms with Gasteiger partial charge in [0.15, 0.2) is 5.65 Å². The molecule has 1 saturated heterocycles. The third kappa shape index (κ3) is 3.32. The van der Waals surface area contributed by atoms with Gasteiger partial charge < -0.3 is 14.4 Å². The fourth-order valence-electron chi connectivity index (χ4n) is 4.79. The summed E-state index contributed by atoms with van der Waals surface area (Å²) in [6.07, 6.45) is 2.95. The van der Waals surface area contributed by atoms with Crippen molar-refractivity contribution in [1.82, 2.24) is 24.1 Å². The standard InChI is InChI=1S/C23H23N5O4S/c1-31-16-4-2-14(3-5-16)10-27-22-19(20-24-13-25-28(20)23(27)30)17-6-8-26(11-18(17)33-22)21(29)15-7-9-32-12-15/h2-5,13,15H,6-12H2,1H3/t15-/m1/s1. The Morgan fingerprint density at radius 3 is 2.91 bits per heavy atom. The number of hydrogen-bond donors (Lipinski definition) is 0. The highest BCUT2D eigenvalue weighted by atomic mass is 32.1. The van der Waals surface area contributed by atoms with Crippen LogP contribution in [-0.4, -0.2) is 56.8 Å². The smallest absolute Gasteiger partial charge is 0.352 e. The second-order valence-corrected chi connectivity index (χ2v) is 9.55. The number of aromatic nitrogens is 4. The first-order valence-corrected chi connectivity index (χ1v) is 11.8. The molecule has 170 valence electrons. The molecule has 0 N–H and O–H groups in total. The van der Waals surface area contributed by atoms with Crippen molar-refractivity contribution in [1.29, 1.82) is 0 Å². The normalized spacial score (nSPS) is 18.2. The summed E-state index contributed by atoms with van der Waals surface area (Å²) >= 11 is 1.58. The van der Waals surface area contributed by atoms with E-state index in [9.17, 15) is 9.59 Å². The van der Waals surface area contributed by atoms with E-state index in [4.69, 9.17) is 9.47 Å². The Bertz CT molecular complexity index is 1410. The fourth-order valence-corrected chi connectivity index (χ4v) is 6.14. The molecule has 2 aliphatic heterocycles. The Kier molecular flexibility index (Phi) is 4.92. The minimum Gasteiger partial charge on any atom is -0.497 e. The van der Waals surface area contributed by atoms with E-state index in [1.807, 2.05) is 29.2 Å². The highest BCUT2D eigenvalue weighted by Crippen LogP contribution is 2.37. The number of fused-ring (bicyclic) bond motifs is 5. The molecule has 4 aromatic rings. The van der Waals surface area contributed by atoms with Crippen LogP contribution in [0, 0.1) is 5.92 Å². The van der Waals surface area contributed by atoms with Crippen LogP contribution in [0.15, 0.2) is 35.4 Å². The van der Waals surface area contributed by atoms with Crippen LogP contribution in [0.5, 0.6) is 5.75 Å². The lowest BCUT2D eigenvalue weighted by Gasteiger charge is -2.28. The maximum absolute atomic E-state index is 13.3. The Balaban J connectivity index is 1.44. The van der Waals surface area contributed by atoms with Gasteiger partial charge in [0.25, 0.3) is 0 Å². The zero-order chi connectivity index (χ0) is 22.5. The summed E-state index contributed by atoms with van der Waals surface area (Å²) in [6.45, 7) is 2.79. The summed E-state index contributed by atoms with van der Waals surface area (Å²) in [5.74, 6) is 0.892. The van der Waals surface area contributed by atoms with Crippen LogP contribution in [0.3, 0.4) is 0 Å². The molecule has 0 spiro atoms. The molecule has 0 radical (unpaired) electrons. The summed E-state index contributed by atoms with van der Waals surface area (Å²) < 4.78 is 13.8. The fraction of sp³-hybridized carbons (Fsp3) is 0.391. The van der Waals surface area contributed by atoms with Crippen molar-refractivity contribution < 1.29 is 14.3 Å². The number of rotatable bonds is 4. The third-order valence-electron chi connectivity index (χ3n) is 6.56. The first-order valence-electron chi connectivity index (χ1n) is 11.0. The molecule has 1 fully saturated rings. The van der Waals surface area contributed by atoms with Gasteiger partial charge in [-0.1, -0.05) is 12.1 Å². The SMILES string of the molecule is COc1ccc(Cn2c(=O)n3ncnc3c3c4c(sc32)CN(C(=O)[C@@H]2CCOC2)CC4)cc1. The number of carbonyl (C=O) groups is 1. The van der Waals surface area contributed by atoms with E-state index in [1.165, 1.54) is 16.4 Å². The zero-order valence-electron chi connectivity index (χ0n) is 18.2. The van der Waals surface area contributed by atoms with Crippen molar-refractivity contribution in [2.24, 2.45) is 5.92 Å². The van der Waals surface area contributed by atoms with Crippen LogP contribution in [-0.2, 0) is 29.0 Å². The van der Waals surface area contributed by atoms with Gasteiger partial charge in [0.1, 0.15) is 16.9 Å². The predicted molar refractivity (Wildman–Crippen MR) is 123 cm³/mol. The van der Waals surface area contributed by atoms with Crippen molar-refractivity contribution in [3.05, 3.63) is 57.1 Å². The van der Waals surface area contributed by atoms with Crippen LogP contribution in [0.4, 0.5) is 0 Å². The molecule has 10 heteroatoms. The zero-order valence-corrected chi connectivity index (χ0v) is 19.0. The Hall–Kier alpha value is -3.24. The number of hydrogen-bond acceptors (Lipinski definition) is 7. The molecule has 6 rings (SSSR count). The van der Waals surface area contributed by atoms with Crippen LogP contribution in [0.25, 0.3) is 15.9 Å². The van der Waals surface area contributed by atoms with Crippen LogP contribution >= 0.6 is 11.3 Å². The van der Waals surface area contributed by atoms with Gasteiger partial charge in [-0.3, -0.25) is 9.36 Å². The molecule has 0 saturated carbocycles. The highest BCUT2D eigenvalue weighted by molar-refractivity contribution is 7.19. The molecule has 1 atom stereocenters. The predicted octanol–water partition coefficient (Wildman–Crippen LogP) is 2.08. The maximum atomic E-state index is 13.3. The molecule has 33 heavy (non-hydrogen) atoms. The monoisotopic (exact) mass is 465 g/mol. The lowest BCUT2D eigenvalue weighted by Crippen LogP contribution is -2.39. The van der Waals surface area contributed by atoms with Crippen LogP contribution in [0.2, 0.25) is 0 Å². The van der Waals surface area contributed by atoms with Crippen molar-refractivity contribution in [2.45, 2.75) is 25.9 Å². The van der Waals surface area contributed by atoms with Gasteiger partial charge in [0, 0.05) is 18.0 Å². The van der Waals surface area contributed by atoms with Crippen LogP contribution < -0.4 is 10.4 Å². The topological polar surface area (TPSA) is 91.0 Å². The van der Waals surface area contributed by atoms with E-state index in [0.717, 1.165) is 39.2 Å². The number of nitrogens with zero attached hydrogens (tertiary/aromatic N) is 5. The van der Waals surface area contributed by atoms with E-state index in [-0.39, 0.29) is 17.5 Å². The summed E-state index contributed by atoms with van der Waals surface area (Å²) in [5.41, 5.74) is 2.52. The first-order chi connectivity index (χ1) is 16.1. The van der Waals surface area contributed by atoms with Gasteiger partial charge >= 0.3 is 5.69 Å². The van der Waals surface area contributed by atoms with E-state index >= 15 is 0 Å². The van der Waals surface area contributed by atoms with Gasteiger partial charge in [-0.05, 0) is 36.1 Å². The summed E-state index contributed by atoms with van der Waals surface area (Å²) in [5, 5.41) is 5.17. The van der Waals surface area contributed by atoms with E-state index < -0.39 is 0 Å². The lowest BCUT2D eigenvalue weighted by molar-refractivity contribution is -0.136. The molecule has 2 aliphatic rings. The Morgan fingerprint density at radius 1 is 1.30 bits per heavy atom. The number of carbonyl (C=O) groups excluding carboxylic acids is 1. The third-order valence-corrected chi connectivity index (χ3v) is 7.80. The minimum atomic E-state index is -0.222. The van der Waals surface area contributed by atoms with Gasteiger partial charge in [-0.15, -0.1) is 11.3 Å². The molecular formula is C23H23N5O4S. The van der Waals surface area contributed by atoms with Crippen molar-refractivity contribution in [3.63, 3.8) is 0 Å². The van der Waals surface area contributed by atoms with Gasteiger partial charge in [-0.25, -0.2) is 9.78 Å². The Morgan fingerprint density at radius 2 is 2.15 bits per heavy atom. The summed E-state index contributed by atoms with van der Waals surface area (Å²) in [4.78, 5) is 34.6. The molecule has 0 unspecified atom stereocenters. The van der Waals surface area contributed by atoms with E-state index in [1.54, 1.807) is 23.0 Å². The van der Waals surface area contributed by atoms with E-state index in [0.29, 0.717) is 38.5 Å².